The Balaban J connectivity index is 2.49. The smallest absolute Gasteiger partial charge is 0.243 e. The van der Waals surface area contributed by atoms with Crippen molar-refractivity contribution < 1.29 is 4.79 Å². The first-order valence-electron chi connectivity index (χ1n) is 5.39. The van der Waals surface area contributed by atoms with Gasteiger partial charge in [-0.2, -0.15) is 5.10 Å². The highest BCUT2D eigenvalue weighted by Gasteiger charge is 2.29. The van der Waals surface area contributed by atoms with Crippen LogP contribution in [0.2, 0.25) is 0 Å². The molecule has 1 saturated carbocycles. The van der Waals surface area contributed by atoms with Gasteiger partial charge in [0, 0.05) is 11.6 Å². The third-order valence-electron chi connectivity index (χ3n) is 2.43. The summed E-state index contributed by atoms with van der Waals surface area (Å²) in [6, 6.07) is 0. The van der Waals surface area contributed by atoms with Crippen LogP contribution in [0.1, 0.15) is 40.5 Å². The maximum absolute atomic E-state index is 11.3. The van der Waals surface area contributed by atoms with E-state index in [1.165, 1.54) is 0 Å². The van der Waals surface area contributed by atoms with Gasteiger partial charge < -0.3 is 0 Å². The van der Waals surface area contributed by atoms with Crippen LogP contribution < -0.4 is 5.43 Å². The molecule has 0 aromatic heterocycles. The molecule has 1 N–H and O–H groups in total. The Morgan fingerprint density at radius 3 is 2.07 bits per heavy atom. The minimum absolute atomic E-state index is 0.0869. The minimum Gasteiger partial charge on any atom is -0.273 e. The molecule has 1 fully saturated rings. The van der Waals surface area contributed by atoms with Crippen molar-refractivity contribution in [2.24, 2.45) is 22.9 Å². The van der Waals surface area contributed by atoms with Crippen molar-refractivity contribution in [1.82, 2.24) is 5.43 Å². The Kier molecular flexibility index (Phi) is 3.67. The highest BCUT2D eigenvalue weighted by atomic mass is 16.2. The third-order valence-corrected chi connectivity index (χ3v) is 2.43. The number of hydrazone groups is 1. The minimum atomic E-state index is 0.0869. The predicted octanol–water partition coefficient (Wildman–Crippen LogP) is 2.18. The second kappa shape index (κ2) is 4.58. The molecule has 0 aliphatic heterocycles. The quantitative estimate of drug-likeness (QED) is 0.543. The Hall–Kier alpha value is -0.860. The van der Waals surface area contributed by atoms with Crippen molar-refractivity contribution in [1.29, 1.82) is 0 Å². The van der Waals surface area contributed by atoms with E-state index in [2.05, 4.69) is 38.2 Å². The van der Waals surface area contributed by atoms with Crippen molar-refractivity contribution >= 4 is 11.6 Å². The molecule has 3 nitrogen and oxygen atoms in total. The lowest BCUT2D eigenvalue weighted by atomic mass is 9.98. The second-order valence-corrected chi connectivity index (χ2v) is 4.60. The summed E-state index contributed by atoms with van der Waals surface area (Å²) in [6.45, 7) is 8.40. The van der Waals surface area contributed by atoms with Crippen molar-refractivity contribution in [3.05, 3.63) is 0 Å². The summed E-state index contributed by atoms with van der Waals surface area (Å²) in [5, 5.41) is 4.20. The fourth-order valence-corrected chi connectivity index (χ4v) is 1.48. The van der Waals surface area contributed by atoms with E-state index in [1.807, 2.05) is 0 Å². The highest BCUT2D eigenvalue weighted by Crippen LogP contribution is 2.28. The van der Waals surface area contributed by atoms with Gasteiger partial charge in [-0.1, -0.05) is 27.7 Å². The summed E-state index contributed by atoms with van der Waals surface area (Å²) >= 11 is 0. The number of hydrogen-bond donors (Lipinski definition) is 1. The van der Waals surface area contributed by atoms with Gasteiger partial charge in [0.1, 0.15) is 0 Å². The van der Waals surface area contributed by atoms with Gasteiger partial charge in [0.15, 0.2) is 0 Å². The summed E-state index contributed by atoms with van der Waals surface area (Å²) in [5.41, 5.74) is 3.72. The van der Waals surface area contributed by atoms with Crippen LogP contribution in [0.3, 0.4) is 0 Å². The Morgan fingerprint density at radius 1 is 1.21 bits per heavy atom. The lowest BCUT2D eigenvalue weighted by molar-refractivity contribution is -0.122. The predicted molar refractivity (Wildman–Crippen MR) is 58.0 cm³/mol. The number of carbonyl (C=O) groups is 1. The lowest BCUT2D eigenvalue weighted by Crippen LogP contribution is -2.25. The number of carbonyl (C=O) groups excluding carboxylic acids is 1. The number of rotatable bonds is 4. The van der Waals surface area contributed by atoms with Crippen molar-refractivity contribution in [2.45, 2.75) is 40.5 Å². The number of hydrogen-bond acceptors (Lipinski definition) is 2. The van der Waals surface area contributed by atoms with Crippen molar-refractivity contribution in [3.63, 3.8) is 0 Å². The van der Waals surface area contributed by atoms with E-state index in [0.717, 1.165) is 18.6 Å². The first kappa shape index (κ1) is 11.2. The molecule has 0 radical (unpaired) electrons. The molecule has 1 aliphatic rings. The Bertz CT molecular complexity index is 230. The highest BCUT2D eigenvalue weighted by molar-refractivity contribution is 5.89. The zero-order valence-corrected chi connectivity index (χ0v) is 9.50. The van der Waals surface area contributed by atoms with Crippen LogP contribution in [0.15, 0.2) is 5.10 Å². The summed E-state index contributed by atoms with van der Waals surface area (Å²) in [6.07, 6.45) is 2.06. The molecule has 1 amide bonds. The first-order chi connectivity index (χ1) is 6.52. The molecule has 0 spiro atoms. The standard InChI is InChI=1S/C11H20N2O/c1-7(2)10(8(3)4)12-13-11(14)9-5-6-9/h7-9H,5-6H2,1-4H3,(H,13,14). The summed E-state index contributed by atoms with van der Waals surface area (Å²) < 4.78 is 0. The monoisotopic (exact) mass is 196 g/mol. The number of nitrogens with one attached hydrogen (secondary N) is 1. The molecule has 1 rings (SSSR count). The van der Waals surface area contributed by atoms with Crippen molar-refractivity contribution in [2.75, 3.05) is 0 Å². The molecule has 14 heavy (non-hydrogen) atoms. The topological polar surface area (TPSA) is 41.5 Å². The molecule has 0 bridgehead atoms. The van der Waals surface area contributed by atoms with Gasteiger partial charge in [0.05, 0.1) is 0 Å². The third kappa shape index (κ3) is 3.13. The van der Waals surface area contributed by atoms with Gasteiger partial charge in [0.25, 0.3) is 0 Å². The van der Waals surface area contributed by atoms with Gasteiger partial charge in [0.2, 0.25) is 5.91 Å². The van der Waals surface area contributed by atoms with Crippen LogP contribution >= 0.6 is 0 Å². The molecular formula is C11H20N2O. The zero-order chi connectivity index (χ0) is 10.7. The normalized spacial score (nSPS) is 15.9. The van der Waals surface area contributed by atoms with E-state index in [1.54, 1.807) is 0 Å². The van der Waals surface area contributed by atoms with Gasteiger partial charge in [-0.3, -0.25) is 4.79 Å². The van der Waals surface area contributed by atoms with E-state index in [9.17, 15) is 4.79 Å². The number of amides is 1. The summed E-state index contributed by atoms with van der Waals surface area (Å²) in [4.78, 5) is 11.3. The molecular weight excluding hydrogens is 176 g/mol. The zero-order valence-electron chi connectivity index (χ0n) is 9.50. The lowest BCUT2D eigenvalue weighted by Gasteiger charge is -2.13. The molecule has 3 heteroatoms. The van der Waals surface area contributed by atoms with Crippen molar-refractivity contribution in [3.8, 4) is 0 Å². The van der Waals surface area contributed by atoms with Gasteiger partial charge >= 0.3 is 0 Å². The van der Waals surface area contributed by atoms with Crippen LogP contribution in [0.5, 0.6) is 0 Å². The van der Waals surface area contributed by atoms with E-state index in [4.69, 9.17) is 0 Å². The fraction of sp³-hybridized carbons (Fsp3) is 0.818. The van der Waals surface area contributed by atoms with Crippen LogP contribution in [0.25, 0.3) is 0 Å². The second-order valence-electron chi connectivity index (χ2n) is 4.60. The van der Waals surface area contributed by atoms with E-state index < -0.39 is 0 Å². The fourth-order valence-electron chi connectivity index (χ4n) is 1.48. The van der Waals surface area contributed by atoms with Crippen LogP contribution in [-0.2, 0) is 4.79 Å². The number of nitrogens with zero attached hydrogens (tertiary/aromatic N) is 1. The Labute approximate surface area is 86.0 Å². The molecule has 80 valence electrons. The van der Waals surface area contributed by atoms with E-state index >= 15 is 0 Å². The average Bonchev–Trinajstić information content (AvgIpc) is 2.84. The van der Waals surface area contributed by atoms with E-state index in [-0.39, 0.29) is 11.8 Å². The summed E-state index contributed by atoms with van der Waals surface area (Å²) in [5.74, 6) is 1.12. The van der Waals surface area contributed by atoms with E-state index in [0.29, 0.717) is 11.8 Å². The molecule has 0 heterocycles. The molecule has 0 aromatic carbocycles. The first-order valence-corrected chi connectivity index (χ1v) is 5.39. The van der Waals surface area contributed by atoms with Crippen LogP contribution in [-0.4, -0.2) is 11.6 Å². The van der Waals surface area contributed by atoms with Gasteiger partial charge in [-0.25, -0.2) is 5.43 Å². The molecule has 1 aliphatic carbocycles. The summed E-state index contributed by atoms with van der Waals surface area (Å²) in [7, 11) is 0. The van der Waals surface area contributed by atoms with Gasteiger partial charge in [-0.05, 0) is 24.7 Å². The maximum atomic E-state index is 11.3. The molecule has 0 atom stereocenters. The molecule has 0 unspecified atom stereocenters. The largest absolute Gasteiger partial charge is 0.273 e. The maximum Gasteiger partial charge on any atom is 0.243 e. The van der Waals surface area contributed by atoms with Gasteiger partial charge in [-0.15, -0.1) is 0 Å². The average molecular weight is 196 g/mol. The SMILES string of the molecule is CC(C)C(=NNC(=O)C1CC1)C(C)C. The molecule has 0 aromatic rings. The Morgan fingerprint density at radius 2 is 1.71 bits per heavy atom. The molecule has 0 saturated heterocycles. The van der Waals surface area contributed by atoms with Crippen LogP contribution in [0.4, 0.5) is 0 Å². The van der Waals surface area contributed by atoms with Crippen LogP contribution in [0, 0.1) is 17.8 Å².